The molecule has 1 aliphatic rings. The zero-order chi connectivity index (χ0) is 12.1. The number of benzene rings is 1. The van der Waals surface area contributed by atoms with Crippen LogP contribution in [0.3, 0.4) is 0 Å². The van der Waals surface area contributed by atoms with E-state index in [1.54, 1.807) is 0 Å². The van der Waals surface area contributed by atoms with Gasteiger partial charge in [0.05, 0.1) is 5.37 Å². The van der Waals surface area contributed by atoms with Crippen molar-refractivity contribution < 1.29 is 0 Å². The van der Waals surface area contributed by atoms with E-state index in [0.717, 1.165) is 19.5 Å². The number of hydrogen-bond donors (Lipinski definition) is 1. The minimum atomic E-state index is 0.574. The quantitative estimate of drug-likeness (QED) is 0.827. The molecule has 2 nitrogen and oxygen atoms in total. The summed E-state index contributed by atoms with van der Waals surface area (Å²) in [7, 11) is 0. The van der Waals surface area contributed by atoms with Crippen LogP contribution in [0.4, 0.5) is 0 Å². The average molecular weight is 250 g/mol. The van der Waals surface area contributed by atoms with Crippen LogP contribution in [0.2, 0.25) is 0 Å². The van der Waals surface area contributed by atoms with E-state index in [2.05, 4.69) is 48.3 Å². The lowest BCUT2D eigenvalue weighted by Crippen LogP contribution is -2.46. The number of nitrogens with zero attached hydrogens (tertiary/aromatic N) is 1. The Morgan fingerprint density at radius 2 is 1.88 bits per heavy atom. The fourth-order valence-electron chi connectivity index (χ4n) is 2.12. The van der Waals surface area contributed by atoms with Gasteiger partial charge >= 0.3 is 0 Å². The Morgan fingerprint density at radius 1 is 1.24 bits per heavy atom. The molecule has 3 heteroatoms. The fraction of sp³-hybridized carbons (Fsp3) is 0.571. The number of thioether (sulfide) groups is 1. The summed E-state index contributed by atoms with van der Waals surface area (Å²) in [6, 6.07) is 8.99. The second-order valence-corrected chi connectivity index (χ2v) is 5.89. The van der Waals surface area contributed by atoms with E-state index in [1.165, 1.54) is 23.5 Å². The first-order valence-corrected chi connectivity index (χ1v) is 7.38. The second-order valence-electron chi connectivity index (χ2n) is 4.50. The van der Waals surface area contributed by atoms with Crippen LogP contribution < -0.4 is 5.32 Å². The van der Waals surface area contributed by atoms with Gasteiger partial charge in [0, 0.05) is 31.1 Å². The molecule has 1 saturated heterocycles. The maximum atomic E-state index is 3.40. The molecule has 1 aromatic rings. The second kappa shape index (κ2) is 6.43. The zero-order valence-corrected chi connectivity index (χ0v) is 11.6. The first-order valence-electron chi connectivity index (χ1n) is 6.50. The fourth-order valence-corrected chi connectivity index (χ4v) is 3.17. The molecule has 17 heavy (non-hydrogen) atoms. The van der Waals surface area contributed by atoms with Crippen LogP contribution in [0.1, 0.15) is 19.4 Å². The van der Waals surface area contributed by atoms with Crippen LogP contribution in [0, 0.1) is 0 Å². The lowest BCUT2D eigenvalue weighted by molar-refractivity contribution is 0.234. The molecule has 0 spiro atoms. The van der Waals surface area contributed by atoms with Crippen LogP contribution in [-0.4, -0.2) is 36.5 Å². The molecule has 0 saturated carbocycles. The van der Waals surface area contributed by atoms with Gasteiger partial charge in [-0.3, -0.25) is 4.90 Å². The van der Waals surface area contributed by atoms with Gasteiger partial charge in [0.15, 0.2) is 0 Å². The molecule has 0 aliphatic carbocycles. The topological polar surface area (TPSA) is 15.3 Å². The predicted octanol–water partition coefficient (Wildman–Crippen LogP) is 2.59. The SMILES string of the molecule is CCc1ccc(SC(C)N2CCNCC2)cc1. The minimum Gasteiger partial charge on any atom is -0.314 e. The van der Waals surface area contributed by atoms with Crippen molar-refractivity contribution in [1.82, 2.24) is 10.2 Å². The van der Waals surface area contributed by atoms with Gasteiger partial charge in [-0.1, -0.05) is 19.1 Å². The van der Waals surface area contributed by atoms with E-state index in [0.29, 0.717) is 5.37 Å². The highest BCUT2D eigenvalue weighted by molar-refractivity contribution is 7.99. The molecule has 1 heterocycles. The maximum Gasteiger partial charge on any atom is 0.0576 e. The van der Waals surface area contributed by atoms with Crippen LogP contribution >= 0.6 is 11.8 Å². The summed E-state index contributed by atoms with van der Waals surface area (Å²) < 4.78 is 0. The van der Waals surface area contributed by atoms with Crippen LogP contribution in [-0.2, 0) is 6.42 Å². The van der Waals surface area contributed by atoms with E-state index < -0.39 is 0 Å². The first kappa shape index (κ1) is 12.9. The van der Waals surface area contributed by atoms with Gasteiger partial charge in [-0.05, 0) is 31.0 Å². The summed E-state index contributed by atoms with van der Waals surface area (Å²) in [5.74, 6) is 0. The van der Waals surface area contributed by atoms with Gasteiger partial charge in [-0.15, -0.1) is 11.8 Å². The standard InChI is InChI=1S/C14H22N2S/c1-3-13-4-6-14(7-5-13)17-12(2)16-10-8-15-9-11-16/h4-7,12,15H,3,8-11H2,1-2H3. The Kier molecular flexibility index (Phi) is 4.89. The maximum absolute atomic E-state index is 3.40. The van der Waals surface area contributed by atoms with E-state index in [1.807, 2.05) is 11.8 Å². The summed E-state index contributed by atoms with van der Waals surface area (Å²) >= 11 is 1.97. The van der Waals surface area contributed by atoms with Crippen molar-refractivity contribution in [3.05, 3.63) is 29.8 Å². The van der Waals surface area contributed by atoms with Gasteiger partial charge in [-0.25, -0.2) is 0 Å². The Bertz CT molecular complexity index is 331. The third-order valence-electron chi connectivity index (χ3n) is 3.30. The minimum absolute atomic E-state index is 0.574. The van der Waals surface area contributed by atoms with E-state index >= 15 is 0 Å². The first-order chi connectivity index (χ1) is 8.29. The molecule has 0 bridgehead atoms. The van der Waals surface area contributed by atoms with E-state index in [-0.39, 0.29) is 0 Å². The molecule has 1 N–H and O–H groups in total. The highest BCUT2D eigenvalue weighted by atomic mass is 32.2. The largest absolute Gasteiger partial charge is 0.314 e. The number of hydrogen-bond acceptors (Lipinski definition) is 3. The molecule has 1 aliphatic heterocycles. The molecule has 1 fully saturated rings. The third-order valence-corrected chi connectivity index (χ3v) is 4.49. The molecule has 0 amide bonds. The molecule has 94 valence electrons. The summed E-state index contributed by atoms with van der Waals surface area (Å²) in [5.41, 5.74) is 1.42. The van der Waals surface area contributed by atoms with Crippen LogP contribution in [0.25, 0.3) is 0 Å². The average Bonchev–Trinajstić information content (AvgIpc) is 2.40. The summed E-state index contributed by atoms with van der Waals surface area (Å²) in [6.45, 7) is 9.09. The number of nitrogens with one attached hydrogen (secondary N) is 1. The highest BCUT2D eigenvalue weighted by Crippen LogP contribution is 2.26. The van der Waals surface area contributed by atoms with Crippen LogP contribution in [0.5, 0.6) is 0 Å². The van der Waals surface area contributed by atoms with Crippen molar-refractivity contribution in [2.75, 3.05) is 26.2 Å². The normalized spacial score (nSPS) is 19.2. The summed E-state index contributed by atoms with van der Waals surface area (Å²) in [4.78, 5) is 3.93. The Labute approximate surface area is 109 Å². The van der Waals surface area contributed by atoms with E-state index in [4.69, 9.17) is 0 Å². The summed E-state index contributed by atoms with van der Waals surface area (Å²) in [6.07, 6.45) is 1.12. The van der Waals surface area contributed by atoms with Crippen molar-refractivity contribution in [2.45, 2.75) is 30.5 Å². The monoisotopic (exact) mass is 250 g/mol. The molecule has 0 aromatic heterocycles. The molecule has 1 unspecified atom stereocenters. The van der Waals surface area contributed by atoms with Gasteiger partial charge in [-0.2, -0.15) is 0 Å². The van der Waals surface area contributed by atoms with Crippen molar-refractivity contribution in [1.29, 1.82) is 0 Å². The Balaban J connectivity index is 1.89. The molecule has 0 radical (unpaired) electrons. The molecule has 1 atom stereocenters. The highest BCUT2D eigenvalue weighted by Gasteiger charge is 2.16. The molecule has 1 aromatic carbocycles. The zero-order valence-electron chi connectivity index (χ0n) is 10.8. The Morgan fingerprint density at radius 3 is 2.47 bits per heavy atom. The number of rotatable bonds is 4. The number of aryl methyl sites for hydroxylation is 1. The Hall–Kier alpha value is -0.510. The number of piperazine rings is 1. The van der Waals surface area contributed by atoms with Crippen molar-refractivity contribution >= 4 is 11.8 Å². The lowest BCUT2D eigenvalue weighted by Gasteiger charge is -2.32. The smallest absolute Gasteiger partial charge is 0.0576 e. The van der Waals surface area contributed by atoms with Crippen LogP contribution in [0.15, 0.2) is 29.2 Å². The molecule has 2 rings (SSSR count). The van der Waals surface area contributed by atoms with Crippen molar-refractivity contribution in [3.8, 4) is 0 Å². The van der Waals surface area contributed by atoms with Crippen molar-refractivity contribution in [3.63, 3.8) is 0 Å². The van der Waals surface area contributed by atoms with Gasteiger partial charge in [0.2, 0.25) is 0 Å². The van der Waals surface area contributed by atoms with Crippen molar-refractivity contribution in [2.24, 2.45) is 0 Å². The van der Waals surface area contributed by atoms with Gasteiger partial charge in [0.1, 0.15) is 0 Å². The van der Waals surface area contributed by atoms with E-state index in [9.17, 15) is 0 Å². The van der Waals surface area contributed by atoms with Gasteiger partial charge < -0.3 is 5.32 Å². The third kappa shape index (κ3) is 3.73. The van der Waals surface area contributed by atoms with Gasteiger partial charge in [0.25, 0.3) is 0 Å². The molecular weight excluding hydrogens is 228 g/mol. The molecular formula is C14H22N2S. The lowest BCUT2D eigenvalue weighted by atomic mass is 10.2. The predicted molar refractivity (Wildman–Crippen MR) is 75.6 cm³/mol. The summed E-state index contributed by atoms with van der Waals surface area (Å²) in [5, 5.41) is 3.97.